The van der Waals surface area contributed by atoms with Gasteiger partial charge in [-0.3, -0.25) is 4.90 Å². The van der Waals surface area contributed by atoms with Gasteiger partial charge in [0.15, 0.2) is 5.84 Å². The van der Waals surface area contributed by atoms with Gasteiger partial charge < -0.3 is 9.47 Å². The van der Waals surface area contributed by atoms with Crippen LogP contribution in [0.25, 0.3) is 0 Å². The van der Waals surface area contributed by atoms with Crippen LogP contribution >= 0.6 is 92.8 Å². The lowest BCUT2D eigenvalue weighted by molar-refractivity contribution is -0.421. The molecule has 2 amide bonds. The van der Waals surface area contributed by atoms with E-state index in [0.29, 0.717) is 4.90 Å². The molecule has 0 bridgehead atoms. The Morgan fingerprint density at radius 2 is 1.23 bits per heavy atom. The molecule has 48 heavy (non-hydrogen) atoms. The van der Waals surface area contributed by atoms with Crippen LogP contribution in [0.3, 0.4) is 0 Å². The van der Waals surface area contributed by atoms with Crippen LogP contribution in [0.5, 0.6) is 0 Å². The van der Waals surface area contributed by atoms with Gasteiger partial charge in [0.1, 0.15) is 24.5 Å². The normalized spacial score (nSPS) is 13.4. The number of alkyl halides is 15. The highest BCUT2D eigenvalue weighted by molar-refractivity contribution is 6.68. The molecule has 0 aliphatic rings. The minimum absolute atomic E-state index is 0.200. The molecule has 0 unspecified atom stereocenters. The molecule has 9 nitrogen and oxygen atoms in total. The third-order valence-corrected chi connectivity index (χ3v) is 6.23. The number of imide groups is 1. The first-order valence-corrected chi connectivity index (χ1v) is 14.7. The largest absolute Gasteiger partial charge is 0.482 e. The van der Waals surface area contributed by atoms with E-state index >= 15 is 0 Å². The van der Waals surface area contributed by atoms with Gasteiger partial charge >= 0.3 is 36.5 Å². The number of ether oxygens (including phenoxy) is 2. The summed E-state index contributed by atoms with van der Waals surface area (Å²) in [5.41, 5.74) is -6.67. The van der Waals surface area contributed by atoms with E-state index < -0.39 is 106 Å². The zero-order chi connectivity index (χ0) is 37.4. The third kappa shape index (κ3) is 11.6. The summed E-state index contributed by atoms with van der Waals surface area (Å²) in [6.45, 7) is -2.49. The number of carbonyl (C=O) groups is 2. The maximum atomic E-state index is 14.5. The first-order valence-electron chi connectivity index (χ1n) is 11.7. The van der Waals surface area contributed by atoms with E-state index in [1.165, 1.54) is 0 Å². The minimum Gasteiger partial charge on any atom is -0.444 e. The van der Waals surface area contributed by atoms with Crippen molar-refractivity contribution in [3.63, 3.8) is 0 Å². The number of amides is 2. The van der Waals surface area contributed by atoms with Crippen molar-refractivity contribution < 1.29 is 63.6 Å². The molecule has 26 heteroatoms. The number of halogens is 17. The van der Waals surface area contributed by atoms with Gasteiger partial charge in [0.05, 0.1) is 29.7 Å². The fourth-order valence-electron chi connectivity index (χ4n) is 3.19. The molecule has 0 aliphatic carbocycles. The first-order chi connectivity index (χ1) is 21.4. The Bertz CT molecular complexity index is 1520. The Labute approximate surface area is 302 Å². The van der Waals surface area contributed by atoms with Gasteiger partial charge in [-0.15, -0.1) is 0 Å². The highest BCUT2D eigenvalue weighted by atomic mass is 35.6. The van der Waals surface area contributed by atoms with Crippen LogP contribution in [-0.4, -0.2) is 62.8 Å². The number of aromatic amines is 1. The molecule has 1 aromatic carbocycles. The lowest BCUT2D eigenvalue weighted by Gasteiger charge is -2.26. The summed E-state index contributed by atoms with van der Waals surface area (Å²) < 4.78 is 129. The molecule has 268 valence electrons. The number of nitrogens with one attached hydrogen (secondary N) is 1. The lowest BCUT2D eigenvalue weighted by atomic mass is 10.1. The van der Waals surface area contributed by atoms with Crippen LogP contribution in [0.4, 0.5) is 60.6 Å². The van der Waals surface area contributed by atoms with Gasteiger partial charge in [-0.2, -0.15) is 44.4 Å². The maximum absolute atomic E-state index is 14.5. The number of aliphatic imine (C=N–C) groups is 1. The van der Waals surface area contributed by atoms with Crippen molar-refractivity contribution in [2.24, 2.45) is 4.99 Å². The molecule has 0 atom stereocenters. The average molecular weight is 866 g/mol. The molecule has 0 aliphatic heterocycles. The quantitative estimate of drug-likeness (QED) is 0.129. The monoisotopic (exact) mass is 862 g/mol. The number of H-pyrrole nitrogens is 1. The highest BCUT2D eigenvalue weighted by Crippen LogP contribution is 2.42. The average Bonchev–Trinajstić information content (AvgIpc) is 2.88. The van der Waals surface area contributed by atoms with E-state index in [1.54, 1.807) is 4.98 Å². The number of rotatable bonds is 5. The fourth-order valence-corrected chi connectivity index (χ4v) is 4.09. The summed E-state index contributed by atoms with van der Waals surface area (Å²) in [5, 5.41) is -2.11. The third-order valence-electron chi connectivity index (χ3n) is 5.00. The number of carbonyl (C=O) groups excluding carboxylic acids is 2. The zero-order valence-corrected chi connectivity index (χ0v) is 29.0. The topological polar surface area (TPSA) is 98.5 Å². The summed E-state index contributed by atoms with van der Waals surface area (Å²) in [7, 11) is 1.80. The molecule has 0 fully saturated rings. The summed E-state index contributed by atoms with van der Waals surface area (Å²) >= 11 is 45.2. The number of nitrogens with zero attached hydrogens (tertiary/aromatic N) is 4. The molecular formula is C22H13Cl8F9N5O4+. The number of anilines is 1. The predicted octanol–water partition coefficient (Wildman–Crippen LogP) is 9.72. The number of aromatic nitrogens is 2. The van der Waals surface area contributed by atoms with Crippen molar-refractivity contribution in [1.82, 2.24) is 9.88 Å². The molecule has 2 aromatic rings. The van der Waals surface area contributed by atoms with Gasteiger partial charge in [-0.1, -0.05) is 97.8 Å². The molecule has 0 radical (unpaired) electrons. The fraction of sp³-hybridized carbons (Fsp3) is 0.409. The molecule has 1 N–H and O–H groups in total. The van der Waals surface area contributed by atoms with Crippen molar-refractivity contribution in [3.8, 4) is 0 Å². The molecule has 1 aromatic heterocycles. The van der Waals surface area contributed by atoms with E-state index in [4.69, 9.17) is 92.8 Å². The standard InChI is InChI=1S/C22H12Cl8F9N5O4/c1-43(2)13-10(12(21(34,35)36)41-15(42-13)22(37,38)39)14(40-11-8(23)3-7(4-9(11)24)20(31,32)33)44(16(45)47-5-18(25,26)27)17(46)48-6-19(28,29)30/h3-4H,5-6H2,1-2H3/p+1. The summed E-state index contributed by atoms with van der Waals surface area (Å²) in [4.78, 5) is 34.5. The van der Waals surface area contributed by atoms with Crippen molar-refractivity contribution >= 4 is 122 Å². The number of amidine groups is 1. The van der Waals surface area contributed by atoms with Crippen molar-refractivity contribution in [1.29, 1.82) is 0 Å². The second-order valence-electron chi connectivity index (χ2n) is 8.94. The van der Waals surface area contributed by atoms with Crippen molar-refractivity contribution in [3.05, 3.63) is 44.8 Å². The number of hydrogen-bond acceptors (Lipinski definition) is 7. The van der Waals surface area contributed by atoms with Gasteiger partial charge in [0.25, 0.3) is 0 Å². The second-order valence-corrected chi connectivity index (χ2v) is 14.8. The molecule has 2 rings (SSSR count). The van der Waals surface area contributed by atoms with Gasteiger partial charge in [-0.25, -0.2) is 19.6 Å². The van der Waals surface area contributed by atoms with Crippen LogP contribution in [-0.2, 0) is 28.0 Å². The first kappa shape index (κ1) is 42.4. The summed E-state index contributed by atoms with van der Waals surface area (Å²) in [6, 6.07) is 0.399. The summed E-state index contributed by atoms with van der Waals surface area (Å²) in [6.07, 6.45) is -20.7. The summed E-state index contributed by atoms with van der Waals surface area (Å²) in [5.74, 6) is -5.16. The molecule has 1 heterocycles. The van der Waals surface area contributed by atoms with E-state index in [-0.39, 0.29) is 12.1 Å². The van der Waals surface area contributed by atoms with Crippen LogP contribution in [0, 0.1) is 0 Å². The van der Waals surface area contributed by atoms with Crippen LogP contribution in [0.15, 0.2) is 17.1 Å². The molecular weight excluding hydrogens is 853 g/mol. The lowest BCUT2D eigenvalue weighted by Crippen LogP contribution is -2.47. The van der Waals surface area contributed by atoms with Crippen LogP contribution < -0.4 is 9.88 Å². The van der Waals surface area contributed by atoms with Crippen molar-refractivity contribution in [2.45, 2.75) is 26.1 Å². The van der Waals surface area contributed by atoms with Crippen LogP contribution in [0.1, 0.15) is 22.6 Å². The highest BCUT2D eigenvalue weighted by Gasteiger charge is 2.51. The number of hydrogen-bond donors (Lipinski definition) is 0. The minimum atomic E-state index is -5.86. The zero-order valence-electron chi connectivity index (χ0n) is 22.9. The Balaban J connectivity index is 3.24. The SMILES string of the molecule is CN(C)c1[nH+]c(C(F)(F)F)nc(C(F)(F)F)c1C(=Nc1c(Cl)cc(C(F)(F)F)cc1Cl)N(C(=O)OCC(Cl)(Cl)Cl)C(=O)OCC(Cl)(Cl)Cl. The van der Waals surface area contributed by atoms with Crippen LogP contribution in [0.2, 0.25) is 10.0 Å². The van der Waals surface area contributed by atoms with E-state index in [0.717, 1.165) is 14.1 Å². The Morgan fingerprint density at radius 3 is 1.56 bits per heavy atom. The smallest absolute Gasteiger partial charge is 0.444 e. The van der Waals surface area contributed by atoms with E-state index in [1.807, 2.05) is 0 Å². The molecule has 0 spiro atoms. The van der Waals surface area contributed by atoms with Crippen molar-refractivity contribution in [2.75, 3.05) is 32.2 Å². The molecule has 0 saturated carbocycles. The van der Waals surface area contributed by atoms with E-state index in [9.17, 15) is 49.1 Å². The molecule has 0 saturated heterocycles. The van der Waals surface area contributed by atoms with E-state index in [2.05, 4.69) is 19.5 Å². The Kier molecular flexibility index (Phi) is 13.4. The Morgan fingerprint density at radius 1 is 0.792 bits per heavy atom. The maximum Gasteiger partial charge on any atom is 0.482 e. The Hall–Kier alpha value is -1.80. The van der Waals surface area contributed by atoms with Gasteiger partial charge in [0, 0.05) is 0 Å². The van der Waals surface area contributed by atoms with Gasteiger partial charge in [0.2, 0.25) is 19.1 Å². The number of benzene rings is 1. The second kappa shape index (κ2) is 15.2. The predicted molar refractivity (Wildman–Crippen MR) is 158 cm³/mol. The van der Waals surface area contributed by atoms with Gasteiger partial charge in [-0.05, 0) is 12.1 Å².